The number of diazo groups is 1. The first-order chi connectivity index (χ1) is 5.38. The number of para-hydroxylation sites is 1. The lowest BCUT2D eigenvalue weighted by Gasteiger charge is -1.92. The highest BCUT2D eigenvalue weighted by Gasteiger charge is 2.12. The largest absolute Gasteiger partial charge is 0.318 e. The molecule has 1 aromatic rings. The topological polar surface area (TPSA) is 48.5 Å². The third-order valence-electron chi connectivity index (χ3n) is 1.22. The van der Waals surface area contributed by atoms with Crippen LogP contribution in [0.15, 0.2) is 30.3 Å². The van der Waals surface area contributed by atoms with Crippen molar-refractivity contribution in [3.8, 4) is 0 Å². The summed E-state index contributed by atoms with van der Waals surface area (Å²) in [6.07, 6.45) is 0.426. The van der Waals surface area contributed by atoms with Crippen molar-refractivity contribution in [1.82, 2.24) is 0 Å². The Balaban J connectivity index is 2.93. The maximum atomic E-state index is 10.2. The minimum atomic E-state index is 0.426. The summed E-state index contributed by atoms with van der Waals surface area (Å²) in [5, 5.41) is 11.9. The monoisotopic (exact) mass is 148 g/mol. The van der Waals surface area contributed by atoms with Crippen LogP contribution in [0.4, 0.5) is 5.69 Å². The van der Waals surface area contributed by atoms with Gasteiger partial charge in [-0.1, -0.05) is 18.2 Å². The molecule has 4 heteroatoms. The van der Waals surface area contributed by atoms with Crippen LogP contribution < -0.4 is 5.01 Å². The van der Waals surface area contributed by atoms with E-state index in [1.54, 1.807) is 24.3 Å². The second kappa shape index (κ2) is 3.32. The third-order valence-corrected chi connectivity index (χ3v) is 1.22. The molecule has 0 spiro atoms. The molecule has 0 radical (unpaired) electrons. The van der Waals surface area contributed by atoms with Gasteiger partial charge in [-0.3, -0.25) is 4.79 Å². The van der Waals surface area contributed by atoms with Crippen LogP contribution in [0.25, 0.3) is 5.08 Å². The van der Waals surface area contributed by atoms with Gasteiger partial charge >= 0.3 is 5.08 Å². The number of rotatable bonds is 2. The zero-order valence-electron chi connectivity index (χ0n) is 5.71. The molecule has 1 amide bonds. The van der Waals surface area contributed by atoms with Crippen molar-refractivity contribution in [1.29, 1.82) is 5.39 Å². The fourth-order valence-electron chi connectivity index (χ4n) is 0.714. The van der Waals surface area contributed by atoms with Crippen molar-refractivity contribution in [2.45, 2.75) is 0 Å². The SMILES string of the molecule is N#[N+]N(C=O)c1ccccc1. The summed E-state index contributed by atoms with van der Waals surface area (Å²) >= 11 is 0. The number of carbonyl (C=O) groups is 1. The molecule has 0 N–H and O–H groups in total. The summed E-state index contributed by atoms with van der Waals surface area (Å²) in [7, 11) is 0. The Labute approximate surface area is 63.6 Å². The zero-order chi connectivity index (χ0) is 8.10. The normalized spacial score (nSPS) is 8.27. The lowest BCUT2D eigenvalue weighted by molar-refractivity contribution is -0.107. The zero-order valence-corrected chi connectivity index (χ0v) is 5.71. The second-order valence-corrected chi connectivity index (χ2v) is 1.87. The summed E-state index contributed by atoms with van der Waals surface area (Å²) in [5.74, 6) is 0. The molecule has 0 unspecified atom stereocenters. The second-order valence-electron chi connectivity index (χ2n) is 1.87. The van der Waals surface area contributed by atoms with Gasteiger partial charge < -0.3 is 0 Å². The first kappa shape index (κ1) is 7.22. The van der Waals surface area contributed by atoms with E-state index in [9.17, 15) is 4.79 Å². The molecule has 0 fully saturated rings. The minimum Gasteiger partial charge on any atom is -0.271 e. The van der Waals surface area contributed by atoms with Gasteiger partial charge in [0.15, 0.2) is 0 Å². The first-order valence-electron chi connectivity index (χ1n) is 3.03. The average molecular weight is 148 g/mol. The summed E-state index contributed by atoms with van der Waals surface area (Å²) in [6, 6.07) is 8.63. The highest BCUT2D eigenvalue weighted by atomic mass is 16.1. The predicted molar refractivity (Wildman–Crippen MR) is 40.1 cm³/mol. The molecule has 1 aromatic carbocycles. The molecule has 4 nitrogen and oxygen atoms in total. The van der Waals surface area contributed by atoms with Gasteiger partial charge in [0, 0.05) is 0 Å². The predicted octanol–water partition coefficient (Wildman–Crippen LogP) is 1.42. The first-order valence-corrected chi connectivity index (χ1v) is 3.03. The van der Waals surface area contributed by atoms with Crippen LogP contribution in [-0.2, 0) is 4.79 Å². The summed E-state index contributed by atoms with van der Waals surface area (Å²) in [5.41, 5.74) is 0.532. The standard InChI is InChI=1S/C7H6N3O/c8-9-10(6-11)7-4-2-1-3-5-7/h1-6H/q+1. The Morgan fingerprint density at radius 3 is 2.45 bits per heavy atom. The van der Waals surface area contributed by atoms with Crippen LogP contribution in [0.3, 0.4) is 0 Å². The van der Waals surface area contributed by atoms with Crippen molar-refractivity contribution in [3.05, 3.63) is 35.4 Å². The van der Waals surface area contributed by atoms with E-state index in [-0.39, 0.29) is 0 Å². The summed E-state index contributed by atoms with van der Waals surface area (Å²) < 4.78 is 0. The molecule has 11 heavy (non-hydrogen) atoms. The fourth-order valence-corrected chi connectivity index (χ4v) is 0.714. The Hall–Kier alpha value is -1.89. The maximum Gasteiger partial charge on any atom is 0.318 e. The molecule has 0 aliphatic heterocycles. The van der Waals surface area contributed by atoms with Crippen LogP contribution in [0.2, 0.25) is 0 Å². The lowest BCUT2D eigenvalue weighted by Crippen LogP contribution is -2.09. The van der Waals surface area contributed by atoms with Crippen LogP contribution in [0, 0.1) is 5.39 Å². The number of carbonyl (C=O) groups excluding carboxylic acids is 1. The number of hydrogen-bond acceptors (Lipinski definition) is 2. The van der Waals surface area contributed by atoms with Crippen molar-refractivity contribution in [2.24, 2.45) is 0 Å². The van der Waals surface area contributed by atoms with E-state index in [0.29, 0.717) is 12.1 Å². The average Bonchev–Trinajstić information content (AvgIpc) is 2.09. The van der Waals surface area contributed by atoms with Gasteiger partial charge in [-0.05, 0) is 12.1 Å². The molecule has 0 aliphatic rings. The van der Waals surface area contributed by atoms with E-state index in [4.69, 9.17) is 5.39 Å². The van der Waals surface area contributed by atoms with Crippen LogP contribution in [-0.4, -0.2) is 6.41 Å². The van der Waals surface area contributed by atoms with Gasteiger partial charge in [0.1, 0.15) is 5.69 Å². The molecule has 0 aromatic heterocycles. The number of amides is 1. The lowest BCUT2D eigenvalue weighted by atomic mass is 10.3. The highest BCUT2D eigenvalue weighted by Crippen LogP contribution is 2.10. The van der Waals surface area contributed by atoms with E-state index < -0.39 is 0 Å². The quantitative estimate of drug-likeness (QED) is 0.361. The van der Waals surface area contributed by atoms with Gasteiger partial charge in [0.25, 0.3) is 11.8 Å². The Kier molecular flexibility index (Phi) is 2.18. The molecule has 1 rings (SSSR count). The van der Waals surface area contributed by atoms with Gasteiger partial charge in [-0.2, -0.15) is 0 Å². The summed E-state index contributed by atoms with van der Waals surface area (Å²) in [6.45, 7) is 0. The molecule has 54 valence electrons. The van der Waals surface area contributed by atoms with E-state index in [0.717, 1.165) is 5.01 Å². The van der Waals surface area contributed by atoms with Gasteiger partial charge in [0.05, 0.1) is 5.01 Å². The fraction of sp³-hybridized carbons (Fsp3) is 0. The van der Waals surface area contributed by atoms with Crippen molar-refractivity contribution >= 4 is 12.1 Å². The molecule has 0 heterocycles. The molecule has 0 saturated heterocycles. The number of hydrogen-bond donors (Lipinski definition) is 0. The maximum absolute atomic E-state index is 10.2. The highest BCUT2D eigenvalue weighted by molar-refractivity contribution is 5.75. The Morgan fingerprint density at radius 2 is 2.00 bits per heavy atom. The van der Waals surface area contributed by atoms with E-state index in [1.807, 2.05) is 6.07 Å². The van der Waals surface area contributed by atoms with Crippen molar-refractivity contribution < 1.29 is 4.79 Å². The Morgan fingerprint density at radius 1 is 1.36 bits per heavy atom. The van der Waals surface area contributed by atoms with Gasteiger partial charge in [-0.15, -0.1) is 0 Å². The molecular weight excluding hydrogens is 142 g/mol. The Bertz CT molecular complexity index is 277. The number of benzene rings is 1. The number of nitrogens with zero attached hydrogens (tertiary/aromatic N) is 3. The minimum absolute atomic E-state index is 0.426. The van der Waals surface area contributed by atoms with Gasteiger partial charge in [0.2, 0.25) is 0 Å². The van der Waals surface area contributed by atoms with Crippen LogP contribution in [0.1, 0.15) is 0 Å². The molecule has 0 aliphatic carbocycles. The van der Waals surface area contributed by atoms with Crippen molar-refractivity contribution in [3.63, 3.8) is 0 Å². The van der Waals surface area contributed by atoms with Crippen molar-refractivity contribution in [2.75, 3.05) is 5.01 Å². The molecular formula is C7H6N3O+. The van der Waals surface area contributed by atoms with E-state index >= 15 is 0 Å². The molecule has 0 saturated carbocycles. The van der Waals surface area contributed by atoms with Gasteiger partial charge in [-0.25, -0.2) is 0 Å². The molecule has 0 bridgehead atoms. The smallest absolute Gasteiger partial charge is 0.271 e. The summed E-state index contributed by atoms with van der Waals surface area (Å²) in [4.78, 5) is 10.2. The molecule has 0 atom stereocenters. The van der Waals surface area contributed by atoms with E-state index in [1.165, 1.54) is 0 Å². The van der Waals surface area contributed by atoms with E-state index in [2.05, 4.69) is 5.08 Å². The van der Waals surface area contributed by atoms with Crippen LogP contribution in [0.5, 0.6) is 0 Å². The third kappa shape index (κ3) is 1.52. The number of anilines is 1. The van der Waals surface area contributed by atoms with Crippen LogP contribution >= 0.6 is 0 Å².